The third-order valence-corrected chi connectivity index (χ3v) is 10.2. The lowest BCUT2D eigenvalue weighted by molar-refractivity contribution is -0.131. The number of aromatic nitrogens is 3. The molecule has 11 nitrogen and oxygen atoms in total. The van der Waals surface area contributed by atoms with Crippen molar-refractivity contribution in [1.29, 1.82) is 5.26 Å². The van der Waals surface area contributed by atoms with Crippen molar-refractivity contribution < 1.29 is 9.59 Å². The molecule has 0 radical (unpaired) electrons. The van der Waals surface area contributed by atoms with Gasteiger partial charge in [-0.25, -0.2) is 4.79 Å². The van der Waals surface area contributed by atoms with E-state index in [0.717, 1.165) is 46.2 Å². The Bertz CT molecular complexity index is 1990. The molecule has 1 saturated carbocycles. The molecule has 1 saturated heterocycles. The predicted octanol–water partition coefficient (Wildman–Crippen LogP) is 2.82. The number of nitriles is 1. The maximum Gasteiger partial charge on any atom is 0.348 e. The number of H-pyrrole nitrogens is 1. The molecule has 4 atom stereocenters. The molecular weight excluding hydrogens is 604 g/mol. The SMILES string of the molecule is C=C(N)c1ccc2c(c1)CCc1cc(C(N)=O)ccc1C2(CCNCC(=O)N1C(C#N)C[C@@H]2C[C@@H]21)c1nn(-c2ccc(C)cc2)c(=O)[nH]1. The van der Waals surface area contributed by atoms with E-state index in [1.54, 1.807) is 11.0 Å². The summed E-state index contributed by atoms with van der Waals surface area (Å²) in [5, 5.41) is 17.9. The average molecular weight is 643 g/mol. The summed E-state index contributed by atoms with van der Waals surface area (Å²) in [5.74, 6) is 0.249. The number of nitrogens with two attached hydrogens (primary N) is 2. The van der Waals surface area contributed by atoms with Gasteiger partial charge in [-0.15, -0.1) is 5.10 Å². The van der Waals surface area contributed by atoms with E-state index >= 15 is 0 Å². The topological polar surface area (TPSA) is 176 Å². The van der Waals surface area contributed by atoms with Crippen LogP contribution in [-0.2, 0) is 23.1 Å². The second-order valence-corrected chi connectivity index (χ2v) is 13.2. The lowest BCUT2D eigenvalue weighted by atomic mass is 9.69. The number of amides is 2. The molecule has 244 valence electrons. The molecule has 1 aliphatic heterocycles. The summed E-state index contributed by atoms with van der Waals surface area (Å²) in [6, 6.07) is 21.1. The first-order valence-electron chi connectivity index (χ1n) is 16.3. The minimum absolute atomic E-state index is 0.0814. The lowest BCUT2D eigenvalue weighted by Gasteiger charge is -2.35. The molecule has 2 amide bonds. The van der Waals surface area contributed by atoms with E-state index in [1.165, 1.54) is 4.68 Å². The summed E-state index contributed by atoms with van der Waals surface area (Å²) in [5.41, 5.74) is 17.5. The third-order valence-electron chi connectivity index (χ3n) is 10.2. The van der Waals surface area contributed by atoms with Crippen molar-refractivity contribution >= 4 is 17.5 Å². The first-order chi connectivity index (χ1) is 23.1. The van der Waals surface area contributed by atoms with Crippen LogP contribution in [0.25, 0.3) is 11.4 Å². The Kier molecular flexibility index (Phi) is 7.76. The van der Waals surface area contributed by atoms with Gasteiger partial charge in [0, 0.05) is 17.3 Å². The number of hydrogen-bond acceptors (Lipinski definition) is 7. The number of aryl methyl sites for hydroxylation is 3. The number of primary amides is 1. The van der Waals surface area contributed by atoms with Gasteiger partial charge in [-0.05, 0) is 110 Å². The molecule has 2 heterocycles. The number of carbonyl (C=O) groups is 2. The minimum Gasteiger partial charge on any atom is -0.399 e. The summed E-state index contributed by atoms with van der Waals surface area (Å²) in [6.07, 6.45) is 3.35. The molecule has 48 heavy (non-hydrogen) atoms. The molecule has 1 aromatic heterocycles. The number of carbonyl (C=O) groups excluding carboxylic acids is 2. The van der Waals surface area contributed by atoms with Gasteiger partial charge in [0.15, 0.2) is 0 Å². The van der Waals surface area contributed by atoms with Crippen LogP contribution in [-0.4, -0.2) is 56.7 Å². The molecule has 11 heteroatoms. The monoisotopic (exact) mass is 642 g/mol. The Morgan fingerprint density at radius 2 is 1.71 bits per heavy atom. The van der Waals surface area contributed by atoms with Gasteiger partial charge in [-0.2, -0.15) is 9.94 Å². The molecular formula is C37H38N8O3. The van der Waals surface area contributed by atoms with Crippen LogP contribution in [0.1, 0.15) is 68.8 Å². The van der Waals surface area contributed by atoms with Gasteiger partial charge in [0.25, 0.3) is 0 Å². The predicted molar refractivity (Wildman–Crippen MR) is 181 cm³/mol. The third kappa shape index (κ3) is 5.28. The number of fused-ring (bicyclic) bond motifs is 3. The Labute approximate surface area is 278 Å². The van der Waals surface area contributed by atoms with Gasteiger partial charge in [0.05, 0.1) is 23.7 Å². The number of nitrogens with zero attached hydrogens (tertiary/aromatic N) is 4. The molecule has 6 N–H and O–H groups in total. The fourth-order valence-corrected chi connectivity index (χ4v) is 7.71. The van der Waals surface area contributed by atoms with Crippen LogP contribution >= 0.6 is 0 Å². The highest BCUT2D eigenvalue weighted by molar-refractivity contribution is 5.93. The number of aromatic amines is 1. The van der Waals surface area contributed by atoms with E-state index in [9.17, 15) is 19.6 Å². The number of likely N-dealkylation sites (tertiary alicyclic amines) is 1. The maximum absolute atomic E-state index is 13.6. The van der Waals surface area contributed by atoms with Crippen LogP contribution in [0.4, 0.5) is 0 Å². The second-order valence-electron chi connectivity index (χ2n) is 13.2. The maximum atomic E-state index is 13.6. The van der Waals surface area contributed by atoms with Crippen molar-refractivity contribution in [1.82, 2.24) is 25.0 Å². The van der Waals surface area contributed by atoms with Crippen LogP contribution in [0, 0.1) is 24.2 Å². The van der Waals surface area contributed by atoms with Crippen LogP contribution in [0.5, 0.6) is 0 Å². The van der Waals surface area contributed by atoms with E-state index in [1.807, 2.05) is 61.5 Å². The van der Waals surface area contributed by atoms with Crippen molar-refractivity contribution in [2.24, 2.45) is 17.4 Å². The van der Waals surface area contributed by atoms with Crippen molar-refractivity contribution in [3.63, 3.8) is 0 Å². The molecule has 3 aliphatic rings. The van der Waals surface area contributed by atoms with Gasteiger partial charge >= 0.3 is 5.69 Å². The van der Waals surface area contributed by atoms with Crippen molar-refractivity contribution in [2.75, 3.05) is 13.1 Å². The Morgan fingerprint density at radius 3 is 2.35 bits per heavy atom. The number of rotatable bonds is 9. The molecule has 2 unspecified atom stereocenters. The zero-order valence-electron chi connectivity index (χ0n) is 26.8. The standard InChI is InChI=1S/C37H38N8O3/c1-21-3-9-28(10-4-21)45-36(48)42-35(43-45)37(13-14-41-20-33(46)44-29(19-38)17-27-18-32(27)44)30-11-7-23(22(2)39)15-24(30)5-6-25-16-26(34(40)47)8-12-31(25)37/h3-4,7-12,15-16,27,29,32,41H,2,5-6,13-14,17-18,20,39H2,1H3,(H2,40,47)(H,42,43,48)/t27-,29?,32+,37?/m1/s1. The van der Waals surface area contributed by atoms with Gasteiger partial charge < -0.3 is 21.7 Å². The molecule has 2 fully saturated rings. The summed E-state index contributed by atoms with van der Waals surface area (Å²) in [6.45, 7) is 6.39. The van der Waals surface area contributed by atoms with E-state index in [2.05, 4.69) is 22.9 Å². The first-order valence-corrected chi connectivity index (χ1v) is 16.3. The summed E-state index contributed by atoms with van der Waals surface area (Å²) in [4.78, 5) is 44.1. The first kappa shape index (κ1) is 31.1. The van der Waals surface area contributed by atoms with Crippen molar-refractivity contribution in [2.45, 2.75) is 56.5 Å². The zero-order valence-corrected chi connectivity index (χ0v) is 26.8. The number of nitrogens with one attached hydrogen (secondary N) is 2. The highest BCUT2D eigenvalue weighted by Gasteiger charge is 2.54. The van der Waals surface area contributed by atoms with Gasteiger partial charge in [0.1, 0.15) is 11.9 Å². The second kappa shape index (κ2) is 12.0. The lowest BCUT2D eigenvalue weighted by Crippen LogP contribution is -2.44. The summed E-state index contributed by atoms with van der Waals surface area (Å²) < 4.78 is 1.37. The summed E-state index contributed by atoms with van der Waals surface area (Å²) in [7, 11) is 0. The number of piperidine rings is 1. The fourth-order valence-electron chi connectivity index (χ4n) is 7.71. The largest absolute Gasteiger partial charge is 0.399 e. The van der Waals surface area contributed by atoms with Crippen LogP contribution in [0.2, 0.25) is 0 Å². The highest BCUT2D eigenvalue weighted by atomic mass is 16.2. The quantitative estimate of drug-likeness (QED) is 0.203. The minimum atomic E-state index is -0.999. The molecule has 4 aromatic rings. The van der Waals surface area contributed by atoms with Gasteiger partial charge in [0.2, 0.25) is 11.8 Å². The normalized spacial score (nSPS) is 22.2. The van der Waals surface area contributed by atoms with Crippen LogP contribution in [0.3, 0.4) is 0 Å². The molecule has 0 spiro atoms. The van der Waals surface area contributed by atoms with Crippen LogP contribution in [0.15, 0.2) is 72.0 Å². The highest BCUT2D eigenvalue weighted by Crippen LogP contribution is 2.48. The Hall–Kier alpha value is -5.47. The molecule has 2 aliphatic carbocycles. The Balaban J connectivity index is 1.34. The van der Waals surface area contributed by atoms with E-state index in [-0.39, 0.29) is 30.2 Å². The van der Waals surface area contributed by atoms with Crippen LogP contribution < -0.4 is 22.5 Å². The van der Waals surface area contributed by atoms with E-state index in [0.29, 0.717) is 54.5 Å². The zero-order chi connectivity index (χ0) is 33.7. The summed E-state index contributed by atoms with van der Waals surface area (Å²) >= 11 is 0. The number of benzene rings is 3. The van der Waals surface area contributed by atoms with Crippen molar-refractivity contribution in [3.8, 4) is 11.8 Å². The average Bonchev–Trinajstić information content (AvgIpc) is 3.61. The van der Waals surface area contributed by atoms with E-state index < -0.39 is 11.3 Å². The van der Waals surface area contributed by atoms with Gasteiger partial charge in [-0.3, -0.25) is 14.6 Å². The van der Waals surface area contributed by atoms with Crippen molar-refractivity contribution in [3.05, 3.63) is 122 Å². The van der Waals surface area contributed by atoms with Gasteiger partial charge in [-0.1, -0.05) is 42.5 Å². The molecule has 3 aromatic carbocycles. The molecule has 7 rings (SSSR count). The Morgan fingerprint density at radius 1 is 1.04 bits per heavy atom. The number of hydrogen-bond donors (Lipinski definition) is 4. The van der Waals surface area contributed by atoms with E-state index in [4.69, 9.17) is 16.6 Å². The fraction of sp³-hybridized carbons (Fsp3) is 0.324. The smallest absolute Gasteiger partial charge is 0.348 e. The molecule has 0 bridgehead atoms.